The molecule has 0 aliphatic carbocycles. The second kappa shape index (κ2) is 5.70. The van der Waals surface area contributed by atoms with Crippen molar-refractivity contribution >= 4 is 5.65 Å². The fraction of sp³-hybridized carbons (Fsp3) is 0.167. The van der Waals surface area contributed by atoms with Gasteiger partial charge in [-0.25, -0.2) is 13.8 Å². The summed E-state index contributed by atoms with van der Waals surface area (Å²) in [6, 6.07) is 6.69. The molecule has 26 heavy (non-hydrogen) atoms. The molecule has 3 heterocycles. The van der Waals surface area contributed by atoms with Crippen molar-refractivity contribution in [3.63, 3.8) is 0 Å². The molecule has 0 saturated heterocycles. The first-order chi connectivity index (χ1) is 12.3. The lowest BCUT2D eigenvalue weighted by Gasteiger charge is -2.14. The third-order valence-corrected chi connectivity index (χ3v) is 3.97. The Kier molecular flexibility index (Phi) is 3.58. The minimum atomic E-state index is -1.20. The number of aliphatic hydroxyl groups is 1. The second-order valence-corrected chi connectivity index (χ2v) is 6.38. The Balaban J connectivity index is 1.88. The number of nitrogens with zero attached hydrogens (tertiary/aromatic N) is 4. The molecule has 1 aromatic carbocycles. The van der Waals surface area contributed by atoms with E-state index in [1.54, 1.807) is 36.6 Å². The molecule has 132 valence electrons. The summed E-state index contributed by atoms with van der Waals surface area (Å²) in [7, 11) is 0. The largest absolute Gasteiger partial charge is 0.443 e. The van der Waals surface area contributed by atoms with E-state index < -0.39 is 17.2 Å². The van der Waals surface area contributed by atoms with Crippen molar-refractivity contribution in [2.45, 2.75) is 19.4 Å². The Labute approximate surface area is 146 Å². The van der Waals surface area contributed by atoms with Gasteiger partial charge in [-0.3, -0.25) is 4.40 Å². The number of oxazole rings is 1. The Hall–Kier alpha value is -3.13. The van der Waals surface area contributed by atoms with Crippen molar-refractivity contribution in [2.75, 3.05) is 0 Å². The van der Waals surface area contributed by atoms with E-state index in [0.29, 0.717) is 22.8 Å². The van der Waals surface area contributed by atoms with E-state index in [1.807, 2.05) is 0 Å². The quantitative estimate of drug-likeness (QED) is 0.607. The average Bonchev–Trinajstić information content (AvgIpc) is 3.20. The van der Waals surface area contributed by atoms with Gasteiger partial charge in [0, 0.05) is 23.4 Å². The van der Waals surface area contributed by atoms with Crippen LogP contribution < -0.4 is 0 Å². The molecule has 0 radical (unpaired) electrons. The zero-order valence-corrected chi connectivity index (χ0v) is 13.9. The number of hydrogen-bond donors (Lipinski definition) is 1. The summed E-state index contributed by atoms with van der Waals surface area (Å²) in [6.07, 6.45) is 2.87. The predicted octanol–water partition coefficient (Wildman–Crippen LogP) is 3.56. The molecular weight excluding hydrogens is 342 g/mol. The number of aromatic nitrogens is 4. The van der Waals surface area contributed by atoms with E-state index in [2.05, 4.69) is 15.2 Å². The number of fused-ring (bicyclic) bond motifs is 1. The van der Waals surface area contributed by atoms with Gasteiger partial charge in [-0.05, 0) is 38.1 Å². The van der Waals surface area contributed by atoms with Crippen LogP contribution in [0.5, 0.6) is 0 Å². The standard InChI is InChI=1S/C18H14F2N4O2/c1-18(2,25)17-23-22-14-6-3-10(8-24(14)17)16-15(21-9-26-16)12-5-4-11(19)7-13(12)20/h3-9,25H,1-2H3. The van der Waals surface area contributed by atoms with Crippen molar-refractivity contribution in [1.82, 2.24) is 19.6 Å². The maximum Gasteiger partial charge on any atom is 0.182 e. The first-order valence-corrected chi connectivity index (χ1v) is 7.81. The fourth-order valence-electron chi connectivity index (χ4n) is 2.77. The maximum atomic E-state index is 14.2. The third-order valence-electron chi connectivity index (χ3n) is 3.97. The summed E-state index contributed by atoms with van der Waals surface area (Å²) in [6.45, 7) is 3.20. The van der Waals surface area contributed by atoms with E-state index in [-0.39, 0.29) is 11.3 Å². The highest BCUT2D eigenvalue weighted by molar-refractivity contribution is 5.77. The monoisotopic (exact) mass is 356 g/mol. The van der Waals surface area contributed by atoms with Gasteiger partial charge in [-0.1, -0.05) is 0 Å². The molecule has 0 fully saturated rings. The van der Waals surface area contributed by atoms with Gasteiger partial charge in [0.1, 0.15) is 22.9 Å². The lowest BCUT2D eigenvalue weighted by atomic mass is 10.1. The first kappa shape index (κ1) is 16.3. The van der Waals surface area contributed by atoms with Crippen molar-refractivity contribution in [1.29, 1.82) is 0 Å². The van der Waals surface area contributed by atoms with Crippen molar-refractivity contribution in [3.05, 3.63) is 60.4 Å². The highest BCUT2D eigenvalue weighted by atomic mass is 19.1. The molecule has 0 atom stereocenters. The predicted molar refractivity (Wildman–Crippen MR) is 89.1 cm³/mol. The van der Waals surface area contributed by atoms with Crippen molar-refractivity contribution in [3.8, 4) is 22.6 Å². The molecular formula is C18H14F2N4O2. The maximum absolute atomic E-state index is 14.2. The van der Waals surface area contributed by atoms with Crippen LogP contribution in [0.25, 0.3) is 28.2 Å². The lowest BCUT2D eigenvalue weighted by Crippen LogP contribution is -2.19. The van der Waals surface area contributed by atoms with Gasteiger partial charge < -0.3 is 9.52 Å². The zero-order valence-electron chi connectivity index (χ0n) is 13.9. The number of hydrogen-bond acceptors (Lipinski definition) is 5. The third kappa shape index (κ3) is 2.64. The molecule has 0 saturated carbocycles. The van der Waals surface area contributed by atoms with E-state index in [9.17, 15) is 13.9 Å². The molecule has 1 N–H and O–H groups in total. The average molecular weight is 356 g/mol. The van der Waals surface area contributed by atoms with E-state index in [1.165, 1.54) is 12.5 Å². The van der Waals surface area contributed by atoms with Gasteiger partial charge in [-0.15, -0.1) is 10.2 Å². The summed E-state index contributed by atoms with van der Waals surface area (Å²) in [5, 5.41) is 18.3. The molecule has 8 heteroatoms. The summed E-state index contributed by atoms with van der Waals surface area (Å²) in [5.41, 5.74) is 0.297. The van der Waals surface area contributed by atoms with Crippen molar-refractivity contribution < 1.29 is 18.3 Å². The first-order valence-electron chi connectivity index (χ1n) is 7.81. The van der Waals surface area contributed by atoms with Crippen LogP contribution in [0, 0.1) is 11.6 Å². The molecule has 6 nitrogen and oxygen atoms in total. The molecule has 0 bridgehead atoms. The van der Waals surface area contributed by atoms with Crippen LogP contribution in [-0.4, -0.2) is 24.7 Å². The fourth-order valence-corrected chi connectivity index (χ4v) is 2.77. The minimum Gasteiger partial charge on any atom is -0.443 e. The molecule has 0 aliphatic rings. The Morgan fingerprint density at radius 3 is 2.65 bits per heavy atom. The molecule has 0 aliphatic heterocycles. The van der Waals surface area contributed by atoms with Gasteiger partial charge in [0.25, 0.3) is 0 Å². The summed E-state index contributed by atoms with van der Waals surface area (Å²) < 4.78 is 34.4. The van der Waals surface area contributed by atoms with Gasteiger partial charge >= 0.3 is 0 Å². The number of halogens is 2. The van der Waals surface area contributed by atoms with Crippen LogP contribution in [0.1, 0.15) is 19.7 Å². The minimum absolute atomic E-state index is 0.127. The number of rotatable bonds is 3. The van der Waals surface area contributed by atoms with Gasteiger partial charge in [0.2, 0.25) is 0 Å². The number of pyridine rings is 1. The Morgan fingerprint density at radius 2 is 1.92 bits per heavy atom. The Bertz CT molecular complexity index is 1110. The van der Waals surface area contributed by atoms with E-state index in [4.69, 9.17) is 4.42 Å². The van der Waals surface area contributed by atoms with Gasteiger partial charge in [-0.2, -0.15) is 0 Å². The topological polar surface area (TPSA) is 76.5 Å². The number of benzene rings is 1. The Morgan fingerprint density at radius 1 is 1.12 bits per heavy atom. The van der Waals surface area contributed by atoms with Crippen LogP contribution in [0.4, 0.5) is 8.78 Å². The van der Waals surface area contributed by atoms with Crippen LogP contribution in [-0.2, 0) is 5.60 Å². The van der Waals surface area contributed by atoms with Crippen LogP contribution in [0.15, 0.2) is 47.3 Å². The van der Waals surface area contributed by atoms with Crippen LogP contribution >= 0.6 is 0 Å². The van der Waals surface area contributed by atoms with Crippen LogP contribution in [0.3, 0.4) is 0 Å². The van der Waals surface area contributed by atoms with Gasteiger partial charge in [0.05, 0.1) is 0 Å². The lowest BCUT2D eigenvalue weighted by molar-refractivity contribution is 0.0676. The SMILES string of the molecule is CC(C)(O)c1nnc2ccc(-c3ocnc3-c3ccc(F)cc3F)cn12. The molecule has 0 spiro atoms. The van der Waals surface area contributed by atoms with Gasteiger partial charge in [0.15, 0.2) is 23.6 Å². The molecule has 3 aromatic heterocycles. The summed E-state index contributed by atoms with van der Waals surface area (Å²) >= 11 is 0. The molecule has 4 rings (SSSR count). The summed E-state index contributed by atoms with van der Waals surface area (Å²) in [5.74, 6) is -0.740. The second-order valence-electron chi connectivity index (χ2n) is 6.38. The van der Waals surface area contributed by atoms with Crippen LogP contribution in [0.2, 0.25) is 0 Å². The normalized spacial score (nSPS) is 12.0. The molecule has 0 amide bonds. The molecule has 0 unspecified atom stereocenters. The highest BCUT2D eigenvalue weighted by Gasteiger charge is 2.24. The van der Waals surface area contributed by atoms with E-state index >= 15 is 0 Å². The van der Waals surface area contributed by atoms with E-state index in [0.717, 1.165) is 12.1 Å². The molecule has 4 aromatic rings. The summed E-state index contributed by atoms with van der Waals surface area (Å²) in [4.78, 5) is 4.07. The highest BCUT2D eigenvalue weighted by Crippen LogP contribution is 2.33. The smallest absolute Gasteiger partial charge is 0.182 e. The van der Waals surface area contributed by atoms with Crippen molar-refractivity contribution in [2.24, 2.45) is 0 Å². The zero-order chi connectivity index (χ0) is 18.5.